The van der Waals surface area contributed by atoms with E-state index < -0.39 is 22.5 Å². The molecule has 21 heavy (non-hydrogen) atoms. The molecule has 114 valence electrons. The van der Waals surface area contributed by atoms with E-state index in [2.05, 4.69) is 6.58 Å². The summed E-state index contributed by atoms with van der Waals surface area (Å²) in [4.78, 5) is 10.4. The first-order valence-corrected chi connectivity index (χ1v) is 5.62. The van der Waals surface area contributed by atoms with Crippen molar-refractivity contribution in [3.8, 4) is 17.2 Å². The second-order valence-electron chi connectivity index (χ2n) is 3.76. The first kappa shape index (κ1) is 16.4. The second kappa shape index (κ2) is 6.69. The van der Waals surface area contributed by atoms with Gasteiger partial charge in [-0.25, -0.2) is 0 Å². The Morgan fingerprint density at radius 1 is 1.33 bits per heavy atom. The SMILES string of the molecule is C=Cc1cc(OC)c(OC(C)=C(F)F)c(OC)c1[N+](=O)[O-]. The lowest BCUT2D eigenvalue weighted by molar-refractivity contribution is -0.386. The molecule has 0 aliphatic carbocycles. The molecule has 0 unspecified atom stereocenters. The van der Waals surface area contributed by atoms with Gasteiger partial charge in [-0.2, -0.15) is 8.78 Å². The van der Waals surface area contributed by atoms with Crippen LogP contribution in [-0.2, 0) is 0 Å². The van der Waals surface area contributed by atoms with E-state index in [9.17, 15) is 18.9 Å². The summed E-state index contributed by atoms with van der Waals surface area (Å²) >= 11 is 0. The molecule has 0 heterocycles. The standard InChI is InChI=1S/C13H13F2NO5/c1-5-8-6-9(19-3)11(21-7(2)13(14)15)12(20-4)10(8)16(17)18/h5-6H,1H2,2-4H3. The Labute approximate surface area is 119 Å². The Bertz CT molecular complexity index is 609. The molecule has 1 rings (SSSR count). The number of allylic oxidation sites excluding steroid dienone is 1. The summed E-state index contributed by atoms with van der Waals surface area (Å²) in [6.45, 7) is 4.47. The van der Waals surface area contributed by atoms with Crippen LogP contribution in [0.1, 0.15) is 12.5 Å². The van der Waals surface area contributed by atoms with Gasteiger partial charge in [0.15, 0.2) is 11.5 Å². The number of rotatable bonds is 6. The van der Waals surface area contributed by atoms with Crippen LogP contribution >= 0.6 is 0 Å². The predicted octanol–water partition coefficient (Wildman–Crippen LogP) is 3.76. The number of benzene rings is 1. The fourth-order valence-electron chi connectivity index (χ4n) is 1.60. The van der Waals surface area contributed by atoms with E-state index in [1.54, 1.807) is 0 Å². The molecule has 1 aromatic rings. The average molecular weight is 301 g/mol. The van der Waals surface area contributed by atoms with Crippen molar-refractivity contribution >= 4 is 11.8 Å². The van der Waals surface area contributed by atoms with Gasteiger partial charge in [0, 0.05) is 0 Å². The molecule has 6 nitrogen and oxygen atoms in total. The zero-order chi connectivity index (χ0) is 16.2. The number of nitro groups is 1. The van der Waals surface area contributed by atoms with Gasteiger partial charge in [-0.1, -0.05) is 12.7 Å². The van der Waals surface area contributed by atoms with Crippen molar-refractivity contribution in [2.24, 2.45) is 0 Å². The van der Waals surface area contributed by atoms with E-state index in [1.165, 1.54) is 19.3 Å². The van der Waals surface area contributed by atoms with Gasteiger partial charge in [0.2, 0.25) is 11.5 Å². The van der Waals surface area contributed by atoms with Gasteiger partial charge in [0.1, 0.15) is 0 Å². The maximum atomic E-state index is 12.5. The monoisotopic (exact) mass is 301 g/mol. The summed E-state index contributed by atoms with van der Waals surface area (Å²) < 4.78 is 39.9. The van der Waals surface area contributed by atoms with Crippen molar-refractivity contribution in [2.45, 2.75) is 6.92 Å². The van der Waals surface area contributed by atoms with Crippen LogP contribution in [0.25, 0.3) is 6.08 Å². The van der Waals surface area contributed by atoms with E-state index in [4.69, 9.17) is 14.2 Å². The largest absolute Gasteiger partial charge is 0.493 e. The molecule has 0 bridgehead atoms. The number of nitro benzene ring substituents is 1. The third kappa shape index (κ3) is 3.28. The van der Waals surface area contributed by atoms with Crippen LogP contribution in [0.15, 0.2) is 24.5 Å². The van der Waals surface area contributed by atoms with E-state index in [0.29, 0.717) is 0 Å². The van der Waals surface area contributed by atoms with E-state index in [0.717, 1.165) is 14.0 Å². The lowest BCUT2D eigenvalue weighted by Gasteiger charge is -2.15. The second-order valence-corrected chi connectivity index (χ2v) is 3.76. The highest BCUT2D eigenvalue weighted by Gasteiger charge is 2.29. The molecule has 1 aromatic carbocycles. The zero-order valence-electron chi connectivity index (χ0n) is 11.6. The number of halogens is 2. The highest BCUT2D eigenvalue weighted by Crippen LogP contribution is 2.47. The van der Waals surface area contributed by atoms with E-state index in [-0.39, 0.29) is 22.8 Å². The third-order valence-corrected chi connectivity index (χ3v) is 2.55. The number of ether oxygens (including phenoxy) is 3. The van der Waals surface area contributed by atoms with Crippen molar-refractivity contribution in [1.82, 2.24) is 0 Å². The molecule has 0 fully saturated rings. The van der Waals surface area contributed by atoms with Gasteiger partial charge >= 0.3 is 11.8 Å². The lowest BCUT2D eigenvalue weighted by atomic mass is 10.1. The van der Waals surface area contributed by atoms with E-state index in [1.807, 2.05) is 0 Å². The first-order valence-electron chi connectivity index (χ1n) is 5.62. The summed E-state index contributed by atoms with van der Waals surface area (Å²) in [5.41, 5.74) is -0.334. The van der Waals surface area contributed by atoms with Gasteiger partial charge in [0.25, 0.3) is 0 Å². The first-order chi connectivity index (χ1) is 9.87. The summed E-state index contributed by atoms with van der Waals surface area (Å²) in [6, 6.07) is 1.26. The lowest BCUT2D eigenvalue weighted by Crippen LogP contribution is -2.03. The van der Waals surface area contributed by atoms with Crippen molar-refractivity contribution in [3.05, 3.63) is 40.2 Å². The predicted molar refractivity (Wildman–Crippen MR) is 71.8 cm³/mol. The Balaban J connectivity index is 3.67. The quantitative estimate of drug-likeness (QED) is 0.454. The Hall–Kier alpha value is -2.64. The van der Waals surface area contributed by atoms with Crippen molar-refractivity contribution in [2.75, 3.05) is 14.2 Å². The minimum absolute atomic E-state index is 0.00736. The molecule has 0 saturated carbocycles. The molecule has 0 saturated heterocycles. The van der Waals surface area contributed by atoms with Crippen LogP contribution < -0.4 is 14.2 Å². The number of methoxy groups -OCH3 is 2. The van der Waals surface area contributed by atoms with Crippen LogP contribution in [0, 0.1) is 10.1 Å². The van der Waals surface area contributed by atoms with Gasteiger partial charge in [-0.05, 0) is 13.0 Å². The van der Waals surface area contributed by atoms with Crippen LogP contribution in [-0.4, -0.2) is 19.1 Å². The van der Waals surface area contributed by atoms with Crippen LogP contribution in [0.3, 0.4) is 0 Å². The molecule has 0 spiro atoms. The minimum Gasteiger partial charge on any atom is -0.493 e. The van der Waals surface area contributed by atoms with Gasteiger partial charge < -0.3 is 14.2 Å². The molecule has 0 N–H and O–H groups in total. The molecule has 0 amide bonds. The maximum absolute atomic E-state index is 12.5. The van der Waals surface area contributed by atoms with Crippen molar-refractivity contribution in [3.63, 3.8) is 0 Å². The molecular weight excluding hydrogens is 288 g/mol. The topological polar surface area (TPSA) is 70.8 Å². The van der Waals surface area contributed by atoms with Crippen LogP contribution in [0.5, 0.6) is 17.2 Å². The minimum atomic E-state index is -2.06. The smallest absolute Gasteiger partial charge is 0.322 e. The molecule has 0 aromatic heterocycles. The molecule has 0 aliphatic heterocycles. The van der Waals surface area contributed by atoms with Crippen LogP contribution in [0.4, 0.5) is 14.5 Å². The van der Waals surface area contributed by atoms with Crippen molar-refractivity contribution in [1.29, 1.82) is 0 Å². The summed E-state index contributed by atoms with van der Waals surface area (Å²) in [5.74, 6) is -1.34. The number of hydrogen-bond donors (Lipinski definition) is 0. The Morgan fingerprint density at radius 2 is 1.95 bits per heavy atom. The molecule has 0 atom stereocenters. The highest BCUT2D eigenvalue weighted by molar-refractivity contribution is 5.74. The molecule has 0 radical (unpaired) electrons. The molecular formula is C13H13F2NO5. The fourth-order valence-corrected chi connectivity index (χ4v) is 1.60. The summed E-state index contributed by atoms with van der Waals surface area (Å²) in [6.07, 6.45) is -0.833. The van der Waals surface area contributed by atoms with Gasteiger partial charge in [-0.15, -0.1) is 0 Å². The molecule has 8 heteroatoms. The number of nitrogens with zero attached hydrogens (tertiary/aromatic N) is 1. The van der Waals surface area contributed by atoms with E-state index >= 15 is 0 Å². The zero-order valence-corrected chi connectivity index (χ0v) is 11.6. The average Bonchev–Trinajstić information content (AvgIpc) is 2.45. The highest BCUT2D eigenvalue weighted by atomic mass is 19.3. The van der Waals surface area contributed by atoms with Gasteiger partial charge in [-0.3, -0.25) is 10.1 Å². The normalized spacial score (nSPS) is 9.76. The summed E-state index contributed by atoms with van der Waals surface area (Å²) in [7, 11) is 2.43. The fraction of sp³-hybridized carbons (Fsp3) is 0.231. The molecule has 0 aliphatic rings. The number of hydrogen-bond acceptors (Lipinski definition) is 5. The van der Waals surface area contributed by atoms with Crippen LogP contribution in [0.2, 0.25) is 0 Å². The third-order valence-electron chi connectivity index (χ3n) is 2.55. The van der Waals surface area contributed by atoms with Crippen molar-refractivity contribution < 1.29 is 27.9 Å². The Kier molecular flexibility index (Phi) is 5.23. The summed E-state index contributed by atoms with van der Waals surface area (Å²) in [5, 5.41) is 11.2. The Morgan fingerprint density at radius 3 is 2.33 bits per heavy atom. The maximum Gasteiger partial charge on any atom is 0.322 e. The van der Waals surface area contributed by atoms with Gasteiger partial charge in [0.05, 0.1) is 24.7 Å².